The first-order chi connectivity index (χ1) is 10.3. The van der Waals surface area contributed by atoms with Gasteiger partial charge in [-0.3, -0.25) is 0 Å². The van der Waals surface area contributed by atoms with Crippen LogP contribution in [0.5, 0.6) is 0 Å². The van der Waals surface area contributed by atoms with Crippen LogP contribution >= 0.6 is 11.8 Å². The number of rotatable bonds is 8. The highest BCUT2D eigenvalue weighted by Crippen LogP contribution is 2.25. The average Bonchev–Trinajstić information content (AvgIpc) is 2.51. The SMILES string of the molecule is CCCNC(CSc1cccc(C)c1)CC1CCOCC1. The second kappa shape index (κ2) is 9.50. The first-order valence-electron chi connectivity index (χ1n) is 8.28. The molecule has 0 spiro atoms. The third-order valence-corrected chi connectivity index (χ3v) is 5.24. The highest BCUT2D eigenvalue weighted by atomic mass is 32.2. The number of ether oxygens (including phenoxy) is 1. The van der Waals surface area contributed by atoms with Crippen molar-refractivity contribution in [3.05, 3.63) is 29.8 Å². The first kappa shape index (κ1) is 16.9. The van der Waals surface area contributed by atoms with Gasteiger partial charge in [-0.25, -0.2) is 0 Å². The van der Waals surface area contributed by atoms with E-state index in [9.17, 15) is 0 Å². The Balaban J connectivity index is 1.83. The van der Waals surface area contributed by atoms with Crippen LogP contribution in [0.15, 0.2) is 29.2 Å². The van der Waals surface area contributed by atoms with Crippen LogP contribution in [-0.2, 0) is 4.74 Å². The summed E-state index contributed by atoms with van der Waals surface area (Å²) >= 11 is 1.99. The maximum absolute atomic E-state index is 5.48. The molecule has 1 N–H and O–H groups in total. The van der Waals surface area contributed by atoms with Gasteiger partial charge in [-0.15, -0.1) is 11.8 Å². The van der Waals surface area contributed by atoms with E-state index in [1.165, 1.54) is 41.9 Å². The Hall–Kier alpha value is -0.510. The van der Waals surface area contributed by atoms with Gasteiger partial charge in [-0.2, -0.15) is 0 Å². The molecule has 1 aliphatic heterocycles. The van der Waals surface area contributed by atoms with Gasteiger partial charge < -0.3 is 10.1 Å². The lowest BCUT2D eigenvalue weighted by molar-refractivity contribution is 0.0613. The van der Waals surface area contributed by atoms with E-state index in [1.54, 1.807) is 0 Å². The molecule has 1 saturated heterocycles. The molecule has 2 rings (SSSR count). The van der Waals surface area contributed by atoms with Crippen molar-refractivity contribution in [1.82, 2.24) is 5.32 Å². The number of benzene rings is 1. The van der Waals surface area contributed by atoms with Crippen LogP contribution < -0.4 is 5.32 Å². The maximum Gasteiger partial charge on any atom is 0.0468 e. The highest BCUT2D eigenvalue weighted by molar-refractivity contribution is 7.99. The number of hydrogen-bond donors (Lipinski definition) is 1. The zero-order valence-electron chi connectivity index (χ0n) is 13.4. The van der Waals surface area contributed by atoms with Crippen LogP contribution in [0.2, 0.25) is 0 Å². The van der Waals surface area contributed by atoms with Crippen molar-refractivity contribution >= 4 is 11.8 Å². The summed E-state index contributed by atoms with van der Waals surface area (Å²) in [6.07, 6.45) is 4.97. The summed E-state index contributed by atoms with van der Waals surface area (Å²) in [7, 11) is 0. The van der Waals surface area contributed by atoms with Crippen LogP contribution in [0.3, 0.4) is 0 Å². The van der Waals surface area contributed by atoms with Crippen molar-refractivity contribution in [2.75, 3.05) is 25.5 Å². The van der Waals surface area contributed by atoms with Crippen LogP contribution in [0.4, 0.5) is 0 Å². The van der Waals surface area contributed by atoms with E-state index >= 15 is 0 Å². The summed E-state index contributed by atoms with van der Waals surface area (Å²) in [6.45, 7) is 7.44. The lowest BCUT2D eigenvalue weighted by atomic mass is 9.93. The van der Waals surface area contributed by atoms with Gasteiger partial charge in [0.1, 0.15) is 0 Å². The molecule has 0 saturated carbocycles. The van der Waals surface area contributed by atoms with Gasteiger partial charge in [0.25, 0.3) is 0 Å². The van der Waals surface area contributed by atoms with Gasteiger partial charge in [0.05, 0.1) is 0 Å². The molecule has 1 unspecified atom stereocenters. The molecular formula is C18H29NOS. The van der Waals surface area contributed by atoms with Gasteiger partial charge in [-0.1, -0.05) is 24.6 Å². The third-order valence-electron chi connectivity index (χ3n) is 4.08. The molecule has 1 aromatic rings. The molecule has 118 valence electrons. The number of thioether (sulfide) groups is 1. The second-order valence-electron chi connectivity index (χ2n) is 6.07. The number of nitrogens with one attached hydrogen (secondary N) is 1. The molecule has 0 aromatic heterocycles. The van der Waals surface area contributed by atoms with E-state index in [0.29, 0.717) is 6.04 Å². The van der Waals surface area contributed by atoms with Crippen LogP contribution in [0, 0.1) is 12.8 Å². The number of aryl methyl sites for hydroxylation is 1. The van der Waals surface area contributed by atoms with E-state index < -0.39 is 0 Å². The minimum absolute atomic E-state index is 0.624. The first-order valence-corrected chi connectivity index (χ1v) is 9.27. The molecule has 2 nitrogen and oxygen atoms in total. The number of hydrogen-bond acceptors (Lipinski definition) is 3. The lowest BCUT2D eigenvalue weighted by Crippen LogP contribution is -2.35. The average molecular weight is 308 g/mol. The monoisotopic (exact) mass is 307 g/mol. The Morgan fingerprint density at radius 1 is 1.33 bits per heavy atom. The highest BCUT2D eigenvalue weighted by Gasteiger charge is 2.19. The molecular weight excluding hydrogens is 278 g/mol. The van der Waals surface area contributed by atoms with Gasteiger partial charge >= 0.3 is 0 Å². The van der Waals surface area contributed by atoms with Crippen molar-refractivity contribution in [1.29, 1.82) is 0 Å². The second-order valence-corrected chi connectivity index (χ2v) is 7.16. The molecule has 3 heteroatoms. The summed E-state index contributed by atoms with van der Waals surface area (Å²) in [6, 6.07) is 9.46. The summed E-state index contributed by atoms with van der Waals surface area (Å²) in [5, 5.41) is 3.74. The van der Waals surface area contributed by atoms with Gasteiger partial charge in [0, 0.05) is 29.9 Å². The van der Waals surface area contributed by atoms with E-state index in [2.05, 4.69) is 43.4 Å². The van der Waals surface area contributed by atoms with Crippen LogP contribution in [0.25, 0.3) is 0 Å². The van der Waals surface area contributed by atoms with E-state index in [0.717, 1.165) is 25.7 Å². The van der Waals surface area contributed by atoms with Gasteiger partial charge in [-0.05, 0) is 57.2 Å². The molecule has 1 fully saturated rings. The zero-order chi connectivity index (χ0) is 14.9. The fourth-order valence-electron chi connectivity index (χ4n) is 2.85. The Labute approximate surface area is 134 Å². The normalized spacial score (nSPS) is 17.8. The van der Waals surface area contributed by atoms with Crippen molar-refractivity contribution in [2.24, 2.45) is 5.92 Å². The summed E-state index contributed by atoms with van der Waals surface area (Å²) in [4.78, 5) is 1.39. The van der Waals surface area contributed by atoms with Crippen molar-refractivity contribution in [3.8, 4) is 0 Å². The largest absolute Gasteiger partial charge is 0.381 e. The fourth-order valence-corrected chi connectivity index (χ4v) is 3.94. The predicted octanol–water partition coefficient (Wildman–Crippen LogP) is 4.27. The van der Waals surface area contributed by atoms with E-state index in [4.69, 9.17) is 4.74 Å². The molecule has 0 radical (unpaired) electrons. The summed E-state index contributed by atoms with van der Waals surface area (Å²) in [5.41, 5.74) is 1.35. The minimum atomic E-state index is 0.624. The Bertz CT molecular complexity index is 404. The molecule has 1 heterocycles. The van der Waals surface area contributed by atoms with E-state index in [1.807, 2.05) is 11.8 Å². The lowest BCUT2D eigenvalue weighted by Gasteiger charge is -2.27. The summed E-state index contributed by atoms with van der Waals surface area (Å²) in [5.74, 6) is 2.01. The summed E-state index contributed by atoms with van der Waals surface area (Å²) < 4.78 is 5.48. The third kappa shape index (κ3) is 6.41. The Morgan fingerprint density at radius 3 is 2.86 bits per heavy atom. The molecule has 0 amide bonds. The van der Waals surface area contributed by atoms with Crippen molar-refractivity contribution in [2.45, 2.75) is 50.5 Å². The zero-order valence-corrected chi connectivity index (χ0v) is 14.3. The van der Waals surface area contributed by atoms with Crippen LogP contribution in [-0.4, -0.2) is 31.6 Å². The van der Waals surface area contributed by atoms with Gasteiger partial charge in [0.15, 0.2) is 0 Å². The van der Waals surface area contributed by atoms with E-state index in [-0.39, 0.29) is 0 Å². The molecule has 1 atom stereocenters. The topological polar surface area (TPSA) is 21.3 Å². The van der Waals surface area contributed by atoms with Crippen molar-refractivity contribution in [3.63, 3.8) is 0 Å². The molecule has 0 bridgehead atoms. The van der Waals surface area contributed by atoms with Crippen molar-refractivity contribution < 1.29 is 4.74 Å². The minimum Gasteiger partial charge on any atom is -0.381 e. The fraction of sp³-hybridized carbons (Fsp3) is 0.667. The molecule has 1 aliphatic rings. The molecule has 1 aromatic carbocycles. The quantitative estimate of drug-likeness (QED) is 0.725. The smallest absolute Gasteiger partial charge is 0.0468 e. The predicted molar refractivity (Wildman–Crippen MR) is 92.1 cm³/mol. The maximum atomic E-state index is 5.48. The molecule has 0 aliphatic carbocycles. The standard InChI is InChI=1S/C18H29NOS/c1-3-9-19-17(13-16-7-10-20-11-8-16)14-21-18-6-4-5-15(2)12-18/h4-6,12,16-17,19H,3,7-11,13-14H2,1-2H3. The Morgan fingerprint density at radius 2 is 2.14 bits per heavy atom. The Kier molecular flexibility index (Phi) is 7.62. The van der Waals surface area contributed by atoms with Crippen LogP contribution in [0.1, 0.15) is 38.2 Å². The van der Waals surface area contributed by atoms with Gasteiger partial charge in [0.2, 0.25) is 0 Å². The molecule has 21 heavy (non-hydrogen) atoms.